The molecule has 0 bridgehead atoms. The minimum absolute atomic E-state index is 0.128. The maximum absolute atomic E-state index is 13.1. The number of rotatable bonds is 1. The molecular weight excluding hydrogens is 304 g/mol. The standard InChI is InChI=1S/C20H32O4/c1-7-11(2)15-14(23)17-19(5,24-15)10-12(21)16-18(3,4)9-8-13(22)20(16,17)6/h7,12,14-17,21,23H,8-10H2,1-6H3. The van der Waals surface area contributed by atoms with E-state index in [1.54, 1.807) is 0 Å². The number of hydrogen-bond acceptors (Lipinski definition) is 4. The summed E-state index contributed by atoms with van der Waals surface area (Å²) in [4.78, 5) is 13.1. The summed E-state index contributed by atoms with van der Waals surface area (Å²) >= 11 is 0. The van der Waals surface area contributed by atoms with Crippen molar-refractivity contribution in [3.8, 4) is 0 Å². The Morgan fingerprint density at radius 2 is 1.83 bits per heavy atom. The van der Waals surface area contributed by atoms with Gasteiger partial charge in [-0.2, -0.15) is 0 Å². The number of Topliss-reactive ketones (excluding diaryl/α,β-unsaturated/α-hetero) is 1. The highest BCUT2D eigenvalue weighted by atomic mass is 16.5. The average Bonchev–Trinajstić information content (AvgIpc) is 2.74. The number of allylic oxidation sites excluding steroid dienone is 1. The van der Waals surface area contributed by atoms with Crippen LogP contribution in [-0.2, 0) is 9.53 Å². The zero-order chi connectivity index (χ0) is 18.1. The average molecular weight is 336 g/mol. The van der Waals surface area contributed by atoms with Crippen LogP contribution in [0.25, 0.3) is 0 Å². The van der Waals surface area contributed by atoms with E-state index in [9.17, 15) is 15.0 Å². The zero-order valence-electron chi connectivity index (χ0n) is 15.8. The number of carbonyl (C=O) groups is 1. The number of hydrogen-bond donors (Lipinski definition) is 2. The lowest BCUT2D eigenvalue weighted by atomic mass is 9.44. The van der Waals surface area contributed by atoms with Crippen molar-refractivity contribution < 1.29 is 19.7 Å². The van der Waals surface area contributed by atoms with Crippen molar-refractivity contribution >= 4 is 5.78 Å². The monoisotopic (exact) mass is 336 g/mol. The SMILES string of the molecule is CC=C(C)C1OC2(C)CC(O)C3C(C)(C)CCC(=O)C3(C)C2C1O. The van der Waals surface area contributed by atoms with Crippen LogP contribution in [0, 0.1) is 22.7 Å². The van der Waals surface area contributed by atoms with Crippen molar-refractivity contribution in [3.05, 3.63) is 11.6 Å². The second kappa shape index (κ2) is 5.39. The van der Waals surface area contributed by atoms with Gasteiger partial charge in [0.15, 0.2) is 0 Å². The molecule has 3 aliphatic rings. The van der Waals surface area contributed by atoms with Gasteiger partial charge in [-0.15, -0.1) is 0 Å². The van der Waals surface area contributed by atoms with E-state index in [0.717, 1.165) is 12.0 Å². The second-order valence-electron chi connectivity index (χ2n) is 9.30. The van der Waals surface area contributed by atoms with Crippen molar-refractivity contribution in [2.75, 3.05) is 0 Å². The molecule has 0 amide bonds. The largest absolute Gasteiger partial charge is 0.393 e. The van der Waals surface area contributed by atoms with Gasteiger partial charge in [0, 0.05) is 30.1 Å². The van der Waals surface area contributed by atoms with Crippen LogP contribution in [-0.4, -0.2) is 39.9 Å². The molecule has 1 aliphatic heterocycles. The van der Waals surface area contributed by atoms with Crippen molar-refractivity contribution in [1.82, 2.24) is 0 Å². The topological polar surface area (TPSA) is 66.8 Å². The first-order valence-corrected chi connectivity index (χ1v) is 9.19. The van der Waals surface area contributed by atoms with E-state index in [0.29, 0.717) is 12.8 Å². The van der Waals surface area contributed by atoms with Gasteiger partial charge in [-0.1, -0.05) is 26.8 Å². The van der Waals surface area contributed by atoms with E-state index < -0.39 is 29.3 Å². The summed E-state index contributed by atoms with van der Waals surface area (Å²) in [7, 11) is 0. The highest BCUT2D eigenvalue weighted by molar-refractivity contribution is 5.87. The predicted molar refractivity (Wildman–Crippen MR) is 92.4 cm³/mol. The van der Waals surface area contributed by atoms with Gasteiger partial charge in [0.05, 0.1) is 17.8 Å². The molecule has 4 heteroatoms. The van der Waals surface area contributed by atoms with Gasteiger partial charge in [-0.3, -0.25) is 4.79 Å². The summed E-state index contributed by atoms with van der Waals surface area (Å²) < 4.78 is 6.29. The molecule has 2 aliphatic carbocycles. The number of carbonyl (C=O) groups excluding carboxylic acids is 1. The Bertz CT molecular complexity index is 580. The van der Waals surface area contributed by atoms with E-state index in [2.05, 4.69) is 13.8 Å². The summed E-state index contributed by atoms with van der Waals surface area (Å²) in [6.45, 7) is 12.1. The Kier molecular flexibility index (Phi) is 4.06. The third-order valence-electron chi connectivity index (χ3n) is 7.34. The lowest BCUT2D eigenvalue weighted by Gasteiger charge is -2.60. The lowest BCUT2D eigenvalue weighted by molar-refractivity contribution is -0.205. The molecule has 7 unspecified atom stereocenters. The summed E-state index contributed by atoms with van der Waals surface area (Å²) in [5.74, 6) is -0.263. The molecule has 0 spiro atoms. The van der Waals surface area contributed by atoms with E-state index in [4.69, 9.17) is 4.74 Å². The van der Waals surface area contributed by atoms with Crippen molar-refractivity contribution in [3.63, 3.8) is 0 Å². The molecule has 0 aromatic rings. The van der Waals surface area contributed by atoms with Gasteiger partial charge >= 0.3 is 0 Å². The molecule has 3 rings (SSSR count). The van der Waals surface area contributed by atoms with Gasteiger partial charge in [0.1, 0.15) is 11.9 Å². The highest BCUT2D eigenvalue weighted by Gasteiger charge is 2.70. The Morgan fingerprint density at radius 1 is 1.21 bits per heavy atom. The number of fused-ring (bicyclic) bond motifs is 3. The highest BCUT2D eigenvalue weighted by Crippen LogP contribution is 2.64. The molecule has 0 aromatic carbocycles. The molecule has 0 radical (unpaired) electrons. The number of ketones is 1. The summed E-state index contributed by atoms with van der Waals surface area (Å²) in [6.07, 6.45) is 2.03. The minimum atomic E-state index is -0.754. The first-order chi connectivity index (χ1) is 11.0. The molecule has 1 heterocycles. The van der Waals surface area contributed by atoms with Crippen LogP contribution in [0.2, 0.25) is 0 Å². The van der Waals surface area contributed by atoms with Crippen LogP contribution in [0.5, 0.6) is 0 Å². The second-order valence-corrected chi connectivity index (χ2v) is 9.30. The van der Waals surface area contributed by atoms with Crippen LogP contribution in [0.4, 0.5) is 0 Å². The first kappa shape index (κ1) is 18.1. The van der Waals surface area contributed by atoms with Crippen LogP contribution in [0.1, 0.15) is 60.8 Å². The van der Waals surface area contributed by atoms with Crippen LogP contribution in [0.3, 0.4) is 0 Å². The quantitative estimate of drug-likeness (QED) is 0.723. The van der Waals surface area contributed by atoms with Gasteiger partial charge in [-0.25, -0.2) is 0 Å². The molecule has 1 saturated heterocycles. The predicted octanol–water partition coefficient (Wildman–Crippen LogP) is 2.86. The van der Waals surface area contributed by atoms with Crippen LogP contribution >= 0.6 is 0 Å². The molecule has 2 N–H and O–H groups in total. The Hall–Kier alpha value is -0.710. The molecule has 7 atom stereocenters. The van der Waals surface area contributed by atoms with Crippen LogP contribution in [0.15, 0.2) is 11.6 Å². The summed E-state index contributed by atoms with van der Waals surface area (Å²) in [5, 5.41) is 22.1. The van der Waals surface area contributed by atoms with E-state index >= 15 is 0 Å². The molecule has 136 valence electrons. The number of aliphatic hydroxyl groups excluding tert-OH is 2. The summed E-state index contributed by atoms with van der Waals surface area (Å²) in [6, 6.07) is 0. The fourth-order valence-electron chi connectivity index (χ4n) is 6.33. The van der Waals surface area contributed by atoms with Gasteiger partial charge in [0.2, 0.25) is 0 Å². The van der Waals surface area contributed by atoms with E-state index in [1.165, 1.54) is 0 Å². The third-order valence-corrected chi connectivity index (χ3v) is 7.34. The fourth-order valence-corrected chi connectivity index (χ4v) is 6.33. The van der Waals surface area contributed by atoms with Crippen molar-refractivity contribution in [2.24, 2.45) is 22.7 Å². The van der Waals surface area contributed by atoms with Crippen molar-refractivity contribution in [2.45, 2.75) is 84.7 Å². The van der Waals surface area contributed by atoms with E-state index in [-0.39, 0.29) is 23.0 Å². The lowest BCUT2D eigenvalue weighted by Crippen LogP contribution is -2.66. The van der Waals surface area contributed by atoms with Crippen molar-refractivity contribution in [1.29, 1.82) is 0 Å². The summed E-state index contributed by atoms with van der Waals surface area (Å²) in [5.41, 5.74) is -0.578. The molecule has 0 aromatic heterocycles. The zero-order valence-corrected chi connectivity index (χ0v) is 15.8. The van der Waals surface area contributed by atoms with Gasteiger partial charge in [0.25, 0.3) is 0 Å². The molecule has 4 nitrogen and oxygen atoms in total. The van der Waals surface area contributed by atoms with E-state index in [1.807, 2.05) is 33.8 Å². The molecule has 3 fully saturated rings. The Labute approximate surface area is 145 Å². The smallest absolute Gasteiger partial charge is 0.139 e. The van der Waals surface area contributed by atoms with Gasteiger partial charge < -0.3 is 14.9 Å². The molecular formula is C20H32O4. The first-order valence-electron chi connectivity index (χ1n) is 9.19. The third kappa shape index (κ3) is 2.19. The maximum Gasteiger partial charge on any atom is 0.139 e. The Morgan fingerprint density at radius 3 is 2.42 bits per heavy atom. The Balaban J connectivity index is 2.13. The van der Waals surface area contributed by atoms with Crippen LogP contribution < -0.4 is 0 Å². The van der Waals surface area contributed by atoms with Gasteiger partial charge in [-0.05, 0) is 38.2 Å². The fraction of sp³-hybridized carbons (Fsp3) is 0.850. The number of ether oxygens (including phenoxy) is 1. The minimum Gasteiger partial charge on any atom is -0.393 e. The molecule has 24 heavy (non-hydrogen) atoms. The number of aliphatic hydroxyl groups is 2. The normalized spacial score (nSPS) is 51.2. The maximum atomic E-state index is 13.1. The molecule has 2 saturated carbocycles.